The van der Waals surface area contributed by atoms with Gasteiger partial charge in [0.25, 0.3) is 0 Å². The molecule has 2 aromatic rings. The van der Waals surface area contributed by atoms with E-state index in [1.165, 1.54) is 21.8 Å². The molecule has 0 aromatic heterocycles. The molecule has 1 fully saturated rings. The summed E-state index contributed by atoms with van der Waals surface area (Å²) in [7, 11) is 0. The van der Waals surface area contributed by atoms with Gasteiger partial charge in [-0.05, 0) is 0 Å². The second-order valence-corrected chi connectivity index (χ2v) is 9.85. The van der Waals surface area contributed by atoms with Gasteiger partial charge in [-0.1, -0.05) is 0 Å². The van der Waals surface area contributed by atoms with Crippen LogP contribution in [-0.2, 0) is 6.54 Å². The Labute approximate surface area is 147 Å². The van der Waals surface area contributed by atoms with Crippen LogP contribution in [0.15, 0.2) is 60.7 Å². The molecule has 3 rings (SSSR count). The number of nitrogens with zero attached hydrogens (tertiary/aromatic N) is 1. The summed E-state index contributed by atoms with van der Waals surface area (Å²) in [6, 6.07) is 23.4. The van der Waals surface area contributed by atoms with E-state index < -0.39 is 0 Å². The fourth-order valence-corrected chi connectivity index (χ4v) is 5.63. The molecule has 122 valence electrons. The van der Waals surface area contributed by atoms with E-state index in [1.54, 1.807) is 0 Å². The molecule has 0 spiro atoms. The minimum absolute atomic E-state index is 0.366. The van der Waals surface area contributed by atoms with Gasteiger partial charge in [-0.15, -0.1) is 0 Å². The van der Waals surface area contributed by atoms with E-state index in [-0.39, 0.29) is 0 Å². The quantitative estimate of drug-likeness (QED) is 0.714. The summed E-state index contributed by atoms with van der Waals surface area (Å²) in [5, 5.41) is 1.33. The third-order valence-corrected chi connectivity index (χ3v) is 7.19. The van der Waals surface area contributed by atoms with Crippen LogP contribution >= 0.6 is 0 Å². The zero-order chi connectivity index (χ0) is 16.3. The molecule has 1 heterocycles. The van der Waals surface area contributed by atoms with Crippen LogP contribution < -0.4 is 4.46 Å². The number of hydrogen-bond donors (Lipinski definition) is 0. The van der Waals surface area contributed by atoms with Crippen LogP contribution in [0.2, 0.25) is 5.32 Å². The first-order chi connectivity index (χ1) is 11.0. The van der Waals surface area contributed by atoms with E-state index in [9.17, 15) is 0 Å². The van der Waals surface area contributed by atoms with Crippen molar-refractivity contribution in [2.75, 3.05) is 0 Å². The third kappa shape index (κ3) is 4.26. The van der Waals surface area contributed by atoms with Crippen LogP contribution in [0.25, 0.3) is 0 Å². The van der Waals surface area contributed by atoms with Crippen LogP contribution in [0.3, 0.4) is 0 Å². The first kappa shape index (κ1) is 16.8. The zero-order valence-corrected chi connectivity index (χ0v) is 16.1. The van der Waals surface area contributed by atoms with E-state index in [4.69, 9.17) is 0 Å². The fourth-order valence-electron chi connectivity index (χ4n) is 3.40. The van der Waals surface area contributed by atoms with Crippen molar-refractivity contribution in [3.8, 4) is 0 Å². The van der Waals surface area contributed by atoms with Crippen molar-refractivity contribution in [3.63, 3.8) is 0 Å². The Balaban J connectivity index is 1.65. The van der Waals surface area contributed by atoms with E-state index in [2.05, 4.69) is 86.3 Å². The van der Waals surface area contributed by atoms with Crippen LogP contribution in [0.5, 0.6) is 0 Å². The molecule has 23 heavy (non-hydrogen) atoms. The molecule has 0 aliphatic carbocycles. The van der Waals surface area contributed by atoms with Crippen molar-refractivity contribution in [1.82, 2.24) is 4.90 Å². The minimum atomic E-state index is 0.366. The molecule has 2 heteroatoms. The summed E-state index contributed by atoms with van der Waals surface area (Å²) in [4.78, 5) is 2.75. The summed E-state index contributed by atoms with van der Waals surface area (Å²) in [6.07, 6.45) is 1.35. The van der Waals surface area contributed by atoms with E-state index in [0.717, 1.165) is 12.6 Å². The van der Waals surface area contributed by atoms with Gasteiger partial charge in [0.15, 0.2) is 0 Å². The first-order valence-electron chi connectivity index (χ1n) is 8.51. The average Bonchev–Trinajstić information content (AvgIpc) is 2.52. The van der Waals surface area contributed by atoms with Gasteiger partial charge in [0.1, 0.15) is 0 Å². The molecule has 0 N–H and O–H groups in total. The van der Waals surface area contributed by atoms with Crippen molar-refractivity contribution in [2.45, 2.75) is 51.1 Å². The predicted molar refractivity (Wildman–Crippen MR) is 100 cm³/mol. The maximum absolute atomic E-state index is 2.75. The average molecular weight is 372 g/mol. The van der Waals surface area contributed by atoms with Gasteiger partial charge in [-0.3, -0.25) is 0 Å². The number of likely N-dealkylation sites (tertiary alicyclic amines) is 1. The Morgan fingerprint density at radius 3 is 2.17 bits per heavy atom. The molecule has 1 aliphatic rings. The Hall–Kier alpha value is -1.08. The van der Waals surface area contributed by atoms with Gasteiger partial charge in [0, 0.05) is 0 Å². The molecule has 2 unspecified atom stereocenters. The molecule has 2 aromatic carbocycles. The van der Waals surface area contributed by atoms with Crippen molar-refractivity contribution in [3.05, 3.63) is 66.2 Å². The Morgan fingerprint density at radius 2 is 1.57 bits per heavy atom. The summed E-state index contributed by atoms with van der Waals surface area (Å²) < 4.78 is 1.53. The van der Waals surface area contributed by atoms with Gasteiger partial charge >= 0.3 is 147 Å². The molecule has 1 saturated heterocycles. The molecule has 0 bridgehead atoms. The van der Waals surface area contributed by atoms with E-state index >= 15 is 0 Å². The zero-order valence-electron chi connectivity index (χ0n) is 14.4. The maximum atomic E-state index is 2.75. The van der Waals surface area contributed by atoms with Crippen molar-refractivity contribution < 1.29 is 0 Å². The SMILES string of the molecule is CC(C)(C)C1CC(C[Se]c2ccccc2)N1Cc1ccccc1. The van der Waals surface area contributed by atoms with Crippen LogP contribution in [0.1, 0.15) is 32.8 Å². The van der Waals surface area contributed by atoms with E-state index in [0.29, 0.717) is 26.4 Å². The van der Waals surface area contributed by atoms with Crippen LogP contribution in [-0.4, -0.2) is 31.9 Å². The predicted octanol–water partition coefficient (Wildman–Crippen LogP) is 4.12. The Kier molecular flexibility index (Phi) is 5.26. The number of benzene rings is 2. The molecule has 1 aliphatic heterocycles. The number of hydrogen-bond acceptors (Lipinski definition) is 1. The Morgan fingerprint density at radius 1 is 0.957 bits per heavy atom. The molecule has 2 atom stereocenters. The molecule has 0 radical (unpaired) electrons. The topological polar surface area (TPSA) is 3.24 Å². The third-order valence-electron chi connectivity index (χ3n) is 4.76. The van der Waals surface area contributed by atoms with Gasteiger partial charge in [-0.25, -0.2) is 0 Å². The number of rotatable bonds is 5. The van der Waals surface area contributed by atoms with Crippen molar-refractivity contribution in [2.24, 2.45) is 5.41 Å². The van der Waals surface area contributed by atoms with Gasteiger partial charge in [0.2, 0.25) is 0 Å². The fraction of sp³-hybridized carbons (Fsp3) is 0.429. The molecular weight excluding hydrogens is 345 g/mol. The standard InChI is InChI=1S/C21H27NSe/c1-21(2,3)20-14-18(16-23-19-12-8-5-9-13-19)22(20)15-17-10-6-4-7-11-17/h4-13,18,20H,14-16H2,1-3H3. The second kappa shape index (κ2) is 7.21. The van der Waals surface area contributed by atoms with Crippen molar-refractivity contribution in [1.29, 1.82) is 0 Å². The summed E-state index contributed by atoms with van der Waals surface area (Å²) in [5.41, 5.74) is 1.81. The van der Waals surface area contributed by atoms with Gasteiger partial charge < -0.3 is 0 Å². The summed E-state index contributed by atoms with van der Waals surface area (Å²) in [6.45, 7) is 8.25. The second-order valence-electron chi connectivity index (χ2n) is 7.55. The summed E-state index contributed by atoms with van der Waals surface area (Å²) >= 11 is 0.587. The molecule has 0 saturated carbocycles. The molecule has 0 amide bonds. The van der Waals surface area contributed by atoms with Gasteiger partial charge in [0.05, 0.1) is 0 Å². The van der Waals surface area contributed by atoms with Crippen LogP contribution in [0.4, 0.5) is 0 Å². The first-order valence-corrected chi connectivity index (χ1v) is 10.6. The van der Waals surface area contributed by atoms with Gasteiger partial charge in [-0.2, -0.15) is 0 Å². The molecule has 1 nitrogen and oxygen atoms in total. The van der Waals surface area contributed by atoms with Crippen LogP contribution in [0, 0.1) is 5.41 Å². The monoisotopic (exact) mass is 373 g/mol. The Bertz CT molecular complexity index is 603. The van der Waals surface area contributed by atoms with Crippen molar-refractivity contribution >= 4 is 19.4 Å². The molecular formula is C21H27NSe. The van der Waals surface area contributed by atoms with E-state index in [1.807, 2.05) is 0 Å². The normalized spacial score (nSPS) is 21.9. The summed E-state index contributed by atoms with van der Waals surface area (Å²) in [5.74, 6) is 0.